The van der Waals surface area contributed by atoms with Gasteiger partial charge in [0.05, 0.1) is 6.20 Å². The number of H-pyrrole nitrogens is 1. The largest absolute Gasteiger partial charge is 0.375 e. The van der Waals surface area contributed by atoms with Gasteiger partial charge in [0.2, 0.25) is 5.91 Å². The topological polar surface area (TPSA) is 52.2 Å². The van der Waals surface area contributed by atoms with Crippen molar-refractivity contribution in [2.75, 3.05) is 31.6 Å². The first kappa shape index (κ1) is 20.2. The van der Waals surface area contributed by atoms with Crippen LogP contribution in [-0.4, -0.2) is 47.7 Å². The van der Waals surface area contributed by atoms with Crippen LogP contribution in [0.25, 0.3) is 11.1 Å². The first-order valence-electron chi connectivity index (χ1n) is 10.8. The molecule has 4 rings (SSSR count). The summed E-state index contributed by atoms with van der Waals surface area (Å²) in [4.78, 5) is 17.1. The lowest BCUT2D eigenvalue weighted by Gasteiger charge is -2.33. The zero-order valence-electron chi connectivity index (χ0n) is 17.6. The fourth-order valence-corrected chi connectivity index (χ4v) is 4.33. The third-order valence-electron chi connectivity index (χ3n) is 6.02. The molecule has 2 aromatic carbocycles. The Kier molecular flexibility index (Phi) is 6.47. The fourth-order valence-electron chi connectivity index (χ4n) is 4.33. The average Bonchev–Trinajstić information content (AvgIpc) is 3.30. The van der Waals surface area contributed by atoms with Crippen molar-refractivity contribution < 1.29 is 4.79 Å². The predicted molar refractivity (Wildman–Crippen MR) is 122 cm³/mol. The van der Waals surface area contributed by atoms with Crippen LogP contribution in [0.4, 0.5) is 5.69 Å². The Labute approximate surface area is 178 Å². The van der Waals surface area contributed by atoms with E-state index in [0.29, 0.717) is 12.3 Å². The molecule has 5 heteroatoms. The lowest BCUT2D eigenvalue weighted by atomic mass is 9.90. The number of carbonyl (C=O) groups excluding carboxylic acids is 1. The van der Waals surface area contributed by atoms with E-state index in [4.69, 9.17) is 0 Å². The van der Waals surface area contributed by atoms with Crippen molar-refractivity contribution in [2.45, 2.75) is 31.6 Å². The number of aromatic nitrogens is 2. The summed E-state index contributed by atoms with van der Waals surface area (Å²) in [6.45, 7) is 2.51. The smallest absolute Gasteiger partial charge is 0.222 e. The van der Waals surface area contributed by atoms with Gasteiger partial charge < -0.3 is 9.80 Å². The Balaban J connectivity index is 1.33. The lowest BCUT2D eigenvalue weighted by molar-refractivity contribution is -0.132. The molecule has 156 valence electrons. The highest BCUT2D eigenvalue weighted by Gasteiger charge is 2.27. The molecular weight excluding hydrogens is 372 g/mol. The van der Waals surface area contributed by atoms with Crippen molar-refractivity contribution in [1.82, 2.24) is 15.1 Å². The third-order valence-corrected chi connectivity index (χ3v) is 6.02. The summed E-state index contributed by atoms with van der Waals surface area (Å²) < 4.78 is 0. The van der Waals surface area contributed by atoms with E-state index in [1.807, 2.05) is 35.4 Å². The van der Waals surface area contributed by atoms with E-state index in [-0.39, 0.29) is 5.91 Å². The van der Waals surface area contributed by atoms with E-state index < -0.39 is 0 Å². The molecule has 1 aromatic heterocycles. The number of rotatable bonds is 7. The van der Waals surface area contributed by atoms with Crippen LogP contribution < -0.4 is 4.90 Å². The third kappa shape index (κ3) is 4.73. The molecule has 0 saturated carbocycles. The second kappa shape index (κ2) is 9.61. The minimum absolute atomic E-state index is 0.266. The Morgan fingerprint density at radius 1 is 1.13 bits per heavy atom. The summed E-state index contributed by atoms with van der Waals surface area (Å²) in [6, 6.07) is 20.7. The Hall–Kier alpha value is -3.08. The van der Waals surface area contributed by atoms with E-state index in [1.165, 1.54) is 11.3 Å². The molecule has 1 unspecified atom stereocenters. The van der Waals surface area contributed by atoms with E-state index in [9.17, 15) is 4.79 Å². The summed E-state index contributed by atoms with van der Waals surface area (Å²) in [7, 11) is 2.08. The van der Waals surface area contributed by atoms with Crippen LogP contribution in [0.15, 0.2) is 66.9 Å². The molecule has 0 spiro atoms. The van der Waals surface area contributed by atoms with E-state index in [2.05, 4.69) is 58.5 Å². The van der Waals surface area contributed by atoms with Gasteiger partial charge in [-0.1, -0.05) is 48.5 Å². The molecule has 0 bridgehead atoms. The number of carbonyl (C=O) groups is 1. The Morgan fingerprint density at radius 2 is 1.87 bits per heavy atom. The molecule has 0 radical (unpaired) electrons. The van der Waals surface area contributed by atoms with Gasteiger partial charge in [-0.25, -0.2) is 0 Å². The predicted octanol–water partition coefficient (Wildman–Crippen LogP) is 4.70. The maximum atomic E-state index is 12.9. The number of hydrogen-bond donors (Lipinski definition) is 1. The summed E-state index contributed by atoms with van der Waals surface area (Å²) >= 11 is 0. The number of amides is 1. The van der Waals surface area contributed by atoms with Crippen LogP contribution in [0.3, 0.4) is 0 Å². The number of anilines is 1. The maximum absolute atomic E-state index is 12.9. The standard InChI is InChI=1S/C25H30N4O/c1-28(22-13-6-3-7-14-22)16-9-15-24(30)29-17-8-12-21(19-29)25-23(18-26-27-25)20-10-4-2-5-11-20/h2-7,10-11,13-14,18,21H,8-9,12,15-17,19H2,1H3,(H,26,27). The lowest BCUT2D eigenvalue weighted by Crippen LogP contribution is -2.39. The molecule has 5 nitrogen and oxygen atoms in total. The van der Waals surface area contributed by atoms with Crippen LogP contribution >= 0.6 is 0 Å². The molecule has 1 saturated heterocycles. The van der Waals surface area contributed by atoms with Gasteiger partial charge in [-0.15, -0.1) is 0 Å². The van der Waals surface area contributed by atoms with Crippen molar-refractivity contribution in [3.63, 3.8) is 0 Å². The van der Waals surface area contributed by atoms with E-state index in [1.54, 1.807) is 0 Å². The second-order valence-corrected chi connectivity index (χ2v) is 8.10. The molecule has 1 aliphatic rings. The first-order valence-corrected chi connectivity index (χ1v) is 10.8. The SMILES string of the molecule is CN(CCCC(=O)N1CCCC(c2[nH]ncc2-c2ccccc2)C1)c1ccccc1. The molecule has 1 aliphatic heterocycles. The van der Waals surface area contributed by atoms with Gasteiger partial charge in [0.25, 0.3) is 0 Å². The number of nitrogens with one attached hydrogen (secondary N) is 1. The summed E-state index contributed by atoms with van der Waals surface area (Å²) in [5.41, 5.74) is 4.67. The van der Waals surface area contributed by atoms with Crippen LogP contribution in [0, 0.1) is 0 Å². The number of hydrogen-bond acceptors (Lipinski definition) is 3. The molecular formula is C25H30N4O. The van der Waals surface area contributed by atoms with Crippen LogP contribution in [-0.2, 0) is 4.79 Å². The van der Waals surface area contributed by atoms with Crippen LogP contribution in [0.2, 0.25) is 0 Å². The normalized spacial score (nSPS) is 16.4. The summed E-state index contributed by atoms with van der Waals surface area (Å²) in [6.07, 6.45) is 5.49. The van der Waals surface area contributed by atoms with E-state index >= 15 is 0 Å². The van der Waals surface area contributed by atoms with Crippen molar-refractivity contribution in [2.24, 2.45) is 0 Å². The highest BCUT2D eigenvalue weighted by Crippen LogP contribution is 2.33. The number of piperidine rings is 1. The maximum Gasteiger partial charge on any atom is 0.222 e. The summed E-state index contributed by atoms with van der Waals surface area (Å²) in [5, 5.41) is 7.52. The first-order chi connectivity index (χ1) is 14.7. The molecule has 1 atom stereocenters. The summed E-state index contributed by atoms with van der Waals surface area (Å²) in [5.74, 6) is 0.578. The van der Waals surface area contributed by atoms with Gasteiger partial charge >= 0.3 is 0 Å². The van der Waals surface area contributed by atoms with Gasteiger partial charge in [-0.05, 0) is 37.0 Å². The van der Waals surface area contributed by atoms with Gasteiger partial charge in [0.1, 0.15) is 0 Å². The minimum Gasteiger partial charge on any atom is -0.375 e. The average molecular weight is 403 g/mol. The number of likely N-dealkylation sites (tertiary alicyclic amines) is 1. The van der Waals surface area contributed by atoms with Gasteiger partial charge in [0, 0.05) is 56.0 Å². The number of para-hydroxylation sites is 1. The van der Waals surface area contributed by atoms with Gasteiger partial charge in [-0.2, -0.15) is 5.10 Å². The van der Waals surface area contributed by atoms with Crippen molar-refractivity contribution in [3.8, 4) is 11.1 Å². The van der Waals surface area contributed by atoms with E-state index in [0.717, 1.165) is 50.2 Å². The van der Waals surface area contributed by atoms with Gasteiger partial charge in [0.15, 0.2) is 0 Å². The molecule has 1 N–H and O–H groups in total. The zero-order valence-corrected chi connectivity index (χ0v) is 17.6. The quantitative estimate of drug-likeness (QED) is 0.623. The second-order valence-electron chi connectivity index (χ2n) is 8.10. The highest BCUT2D eigenvalue weighted by atomic mass is 16.2. The Morgan fingerprint density at radius 3 is 2.63 bits per heavy atom. The number of benzene rings is 2. The molecule has 3 aromatic rings. The Bertz CT molecular complexity index is 938. The van der Waals surface area contributed by atoms with Crippen molar-refractivity contribution in [3.05, 3.63) is 72.6 Å². The molecule has 1 fully saturated rings. The van der Waals surface area contributed by atoms with Crippen molar-refractivity contribution in [1.29, 1.82) is 0 Å². The van der Waals surface area contributed by atoms with Crippen LogP contribution in [0.1, 0.15) is 37.3 Å². The van der Waals surface area contributed by atoms with Crippen LogP contribution in [0.5, 0.6) is 0 Å². The zero-order chi connectivity index (χ0) is 20.8. The fraction of sp³-hybridized carbons (Fsp3) is 0.360. The number of aromatic amines is 1. The molecule has 2 heterocycles. The molecule has 0 aliphatic carbocycles. The monoisotopic (exact) mass is 402 g/mol. The molecule has 30 heavy (non-hydrogen) atoms. The number of nitrogens with zero attached hydrogens (tertiary/aromatic N) is 3. The van der Waals surface area contributed by atoms with Gasteiger partial charge in [-0.3, -0.25) is 9.89 Å². The minimum atomic E-state index is 0.266. The molecule has 1 amide bonds. The highest BCUT2D eigenvalue weighted by molar-refractivity contribution is 5.76. The van der Waals surface area contributed by atoms with Crippen molar-refractivity contribution >= 4 is 11.6 Å².